The first-order chi connectivity index (χ1) is 11.5. The average molecular weight is 367 g/mol. The van der Waals surface area contributed by atoms with E-state index in [0.717, 1.165) is 12.0 Å². The number of aromatic nitrogens is 1. The van der Waals surface area contributed by atoms with Gasteiger partial charge in [0.2, 0.25) is 0 Å². The van der Waals surface area contributed by atoms with Crippen molar-refractivity contribution in [3.63, 3.8) is 0 Å². The van der Waals surface area contributed by atoms with Crippen LogP contribution in [0.3, 0.4) is 0 Å². The van der Waals surface area contributed by atoms with Gasteiger partial charge in [0.15, 0.2) is 0 Å². The van der Waals surface area contributed by atoms with E-state index >= 15 is 0 Å². The van der Waals surface area contributed by atoms with E-state index in [0.29, 0.717) is 21.3 Å². The highest BCUT2D eigenvalue weighted by molar-refractivity contribution is 6.35. The zero-order valence-electron chi connectivity index (χ0n) is 14.4. The van der Waals surface area contributed by atoms with Crippen LogP contribution in [0.25, 0.3) is 0 Å². The maximum atomic E-state index is 12.1. The number of nitrogens with one attached hydrogen (secondary N) is 1. The summed E-state index contributed by atoms with van der Waals surface area (Å²) >= 11 is 11.7. The fraction of sp³-hybridized carbons (Fsp3) is 0.368. The van der Waals surface area contributed by atoms with Crippen LogP contribution in [0.15, 0.2) is 36.7 Å². The van der Waals surface area contributed by atoms with Crippen LogP contribution in [-0.2, 0) is 6.42 Å². The van der Waals surface area contributed by atoms with E-state index in [9.17, 15) is 4.79 Å². The zero-order valence-corrected chi connectivity index (χ0v) is 15.9. The number of hydrogen-bond donors (Lipinski definition) is 1. The highest BCUT2D eigenvalue weighted by Gasteiger charge is 2.08. The molecule has 0 radical (unpaired) electrons. The molecule has 0 aliphatic rings. The summed E-state index contributed by atoms with van der Waals surface area (Å²) in [7, 11) is 0. The highest BCUT2D eigenvalue weighted by Crippen LogP contribution is 2.20. The maximum Gasteiger partial charge on any atom is 0.255 e. The second kappa shape index (κ2) is 11.1. The first-order valence-electron chi connectivity index (χ1n) is 8.21. The molecule has 2 rings (SSSR count). The monoisotopic (exact) mass is 366 g/mol. The molecular formula is C19H24Cl2N2O. The summed E-state index contributed by atoms with van der Waals surface area (Å²) in [6, 6.07) is 6.61. The third-order valence-electron chi connectivity index (χ3n) is 3.29. The van der Waals surface area contributed by atoms with Gasteiger partial charge in [0.05, 0.1) is 11.9 Å². The largest absolute Gasteiger partial charge is 0.321 e. The Kier molecular flexibility index (Phi) is 9.43. The van der Waals surface area contributed by atoms with E-state index in [1.807, 2.05) is 13.0 Å². The molecule has 0 spiro atoms. The minimum Gasteiger partial charge on any atom is -0.321 e. The molecule has 1 N–H and O–H groups in total. The summed E-state index contributed by atoms with van der Waals surface area (Å²) in [6.45, 7) is 6.45. The molecule has 0 saturated heterocycles. The number of nitrogens with zero attached hydrogens (tertiary/aromatic N) is 1. The standard InChI is InChI=1S/C14H12Cl2N2O.C5H12/c1-2-9-3-13(8-17-7-9)18-14(19)10-4-11(15)6-12(16)5-10;1-3-5-4-2/h3-8H,2H2,1H3,(H,18,19);3-5H2,1-2H3. The summed E-state index contributed by atoms with van der Waals surface area (Å²) in [5.41, 5.74) is 2.13. The molecule has 3 nitrogen and oxygen atoms in total. The highest BCUT2D eigenvalue weighted by atomic mass is 35.5. The molecule has 0 aliphatic heterocycles. The molecule has 130 valence electrons. The van der Waals surface area contributed by atoms with Crippen molar-refractivity contribution in [3.05, 3.63) is 57.8 Å². The van der Waals surface area contributed by atoms with Gasteiger partial charge in [-0.25, -0.2) is 0 Å². The van der Waals surface area contributed by atoms with Crippen molar-refractivity contribution in [2.45, 2.75) is 46.5 Å². The fourth-order valence-electron chi connectivity index (χ4n) is 1.99. The van der Waals surface area contributed by atoms with Gasteiger partial charge in [-0.05, 0) is 36.2 Å². The number of unbranched alkanes of at least 4 members (excludes halogenated alkanes) is 2. The van der Waals surface area contributed by atoms with Gasteiger partial charge >= 0.3 is 0 Å². The summed E-state index contributed by atoms with van der Waals surface area (Å²) in [6.07, 6.45) is 8.31. The topological polar surface area (TPSA) is 42.0 Å². The maximum absolute atomic E-state index is 12.1. The van der Waals surface area contributed by atoms with E-state index in [1.165, 1.54) is 19.3 Å². The molecular weight excluding hydrogens is 343 g/mol. The lowest BCUT2D eigenvalue weighted by molar-refractivity contribution is 0.102. The SMILES string of the molecule is CCCCC.CCc1cncc(NC(=O)c2cc(Cl)cc(Cl)c2)c1. The van der Waals surface area contributed by atoms with Gasteiger partial charge < -0.3 is 5.32 Å². The van der Waals surface area contributed by atoms with Crippen LogP contribution >= 0.6 is 23.2 Å². The van der Waals surface area contributed by atoms with E-state index in [2.05, 4.69) is 24.1 Å². The third kappa shape index (κ3) is 7.33. The molecule has 0 bridgehead atoms. The molecule has 24 heavy (non-hydrogen) atoms. The molecule has 1 heterocycles. The van der Waals surface area contributed by atoms with Gasteiger partial charge in [-0.3, -0.25) is 9.78 Å². The summed E-state index contributed by atoms with van der Waals surface area (Å²) in [5.74, 6) is -0.264. The van der Waals surface area contributed by atoms with Crippen LogP contribution in [0.5, 0.6) is 0 Å². The molecule has 0 fully saturated rings. The molecule has 0 unspecified atom stereocenters. The second-order valence-corrected chi connectivity index (χ2v) is 6.27. The lowest BCUT2D eigenvalue weighted by Gasteiger charge is -2.07. The number of anilines is 1. The Balaban J connectivity index is 0.000000505. The smallest absolute Gasteiger partial charge is 0.255 e. The van der Waals surface area contributed by atoms with Crippen molar-refractivity contribution in [1.29, 1.82) is 0 Å². The molecule has 0 saturated carbocycles. The Morgan fingerprint density at radius 1 is 1.00 bits per heavy atom. The van der Waals surface area contributed by atoms with Gasteiger partial charge in [0.25, 0.3) is 5.91 Å². The van der Waals surface area contributed by atoms with E-state index < -0.39 is 0 Å². The molecule has 1 aromatic carbocycles. The number of rotatable bonds is 5. The minimum atomic E-state index is -0.264. The number of amides is 1. The van der Waals surface area contributed by atoms with Crippen molar-refractivity contribution in [2.24, 2.45) is 0 Å². The van der Waals surface area contributed by atoms with E-state index in [4.69, 9.17) is 23.2 Å². The van der Waals surface area contributed by atoms with Crippen LogP contribution in [-0.4, -0.2) is 10.9 Å². The lowest BCUT2D eigenvalue weighted by Crippen LogP contribution is -2.12. The van der Waals surface area contributed by atoms with Gasteiger partial charge in [-0.2, -0.15) is 0 Å². The Morgan fingerprint density at radius 3 is 2.12 bits per heavy atom. The zero-order chi connectivity index (χ0) is 17.9. The Hall–Kier alpha value is -1.58. The number of halogens is 2. The van der Waals surface area contributed by atoms with Crippen molar-refractivity contribution < 1.29 is 4.79 Å². The summed E-state index contributed by atoms with van der Waals surface area (Å²) < 4.78 is 0. The van der Waals surface area contributed by atoms with E-state index in [-0.39, 0.29) is 5.91 Å². The quantitative estimate of drug-likeness (QED) is 0.664. The average Bonchev–Trinajstić information content (AvgIpc) is 2.55. The normalized spacial score (nSPS) is 9.88. The fourth-order valence-corrected chi connectivity index (χ4v) is 2.52. The number of aryl methyl sites for hydroxylation is 1. The molecule has 2 aromatic rings. The Bertz CT molecular complexity index is 637. The first kappa shape index (κ1) is 20.5. The molecule has 1 aromatic heterocycles. The molecule has 5 heteroatoms. The van der Waals surface area contributed by atoms with Crippen LogP contribution in [0, 0.1) is 0 Å². The summed E-state index contributed by atoms with van der Waals surface area (Å²) in [5, 5.41) is 3.63. The molecule has 0 atom stereocenters. The number of benzene rings is 1. The van der Waals surface area contributed by atoms with Crippen molar-refractivity contribution in [2.75, 3.05) is 5.32 Å². The Labute approximate surface area is 154 Å². The van der Waals surface area contributed by atoms with Gasteiger partial charge in [0.1, 0.15) is 0 Å². The van der Waals surface area contributed by atoms with Crippen molar-refractivity contribution in [3.8, 4) is 0 Å². The minimum absolute atomic E-state index is 0.264. The molecule has 0 aliphatic carbocycles. The first-order valence-corrected chi connectivity index (χ1v) is 8.97. The number of carbonyl (C=O) groups excluding carboxylic acids is 1. The number of hydrogen-bond acceptors (Lipinski definition) is 2. The van der Waals surface area contributed by atoms with Crippen molar-refractivity contribution >= 4 is 34.8 Å². The van der Waals surface area contributed by atoms with Crippen molar-refractivity contribution in [1.82, 2.24) is 4.98 Å². The lowest BCUT2D eigenvalue weighted by atomic mass is 10.2. The predicted molar refractivity (Wildman–Crippen MR) is 103 cm³/mol. The van der Waals surface area contributed by atoms with Crippen LogP contribution < -0.4 is 5.32 Å². The van der Waals surface area contributed by atoms with E-state index in [1.54, 1.807) is 30.6 Å². The third-order valence-corrected chi connectivity index (χ3v) is 3.73. The van der Waals surface area contributed by atoms with Crippen LogP contribution in [0.2, 0.25) is 10.0 Å². The number of pyridine rings is 1. The van der Waals surface area contributed by atoms with Gasteiger partial charge in [-0.15, -0.1) is 0 Å². The van der Waals surface area contributed by atoms with Crippen LogP contribution in [0.1, 0.15) is 56.0 Å². The van der Waals surface area contributed by atoms with Gasteiger partial charge in [0, 0.05) is 21.8 Å². The second-order valence-electron chi connectivity index (χ2n) is 5.40. The van der Waals surface area contributed by atoms with Gasteiger partial charge in [-0.1, -0.05) is 63.2 Å². The number of carbonyl (C=O) groups is 1. The molecule has 1 amide bonds. The summed E-state index contributed by atoms with van der Waals surface area (Å²) in [4.78, 5) is 16.1. The van der Waals surface area contributed by atoms with Crippen LogP contribution in [0.4, 0.5) is 5.69 Å². The Morgan fingerprint density at radius 2 is 1.62 bits per heavy atom. The predicted octanol–water partition coefficient (Wildman–Crippen LogP) is 6.40.